The molecule has 0 unspecified atom stereocenters. The van der Waals surface area contributed by atoms with Gasteiger partial charge in [0.25, 0.3) is 0 Å². The Labute approximate surface area is 123 Å². The fraction of sp³-hybridized carbons (Fsp3) is 0.615. The van der Waals surface area contributed by atoms with Crippen LogP contribution in [0.15, 0.2) is 6.33 Å². The van der Waals surface area contributed by atoms with Crippen LogP contribution in [0.5, 0.6) is 0 Å². The van der Waals surface area contributed by atoms with Crippen molar-refractivity contribution >= 4 is 23.5 Å². The maximum atomic E-state index is 11.7. The van der Waals surface area contributed by atoms with Crippen LogP contribution in [-0.2, 0) is 11.2 Å². The van der Waals surface area contributed by atoms with Gasteiger partial charge in [0, 0.05) is 31.7 Å². The summed E-state index contributed by atoms with van der Waals surface area (Å²) in [6, 6.07) is 0. The molecule has 0 aliphatic carbocycles. The second-order valence-electron chi connectivity index (χ2n) is 4.49. The van der Waals surface area contributed by atoms with Crippen LogP contribution in [0.2, 0.25) is 5.15 Å². The Kier molecular flexibility index (Phi) is 5.00. The normalized spacial score (nSPS) is 15.3. The minimum Gasteiger partial charge on any atom is -0.450 e. The van der Waals surface area contributed by atoms with Crippen molar-refractivity contribution in [2.75, 3.05) is 37.7 Å². The highest BCUT2D eigenvalue weighted by atomic mass is 35.5. The lowest BCUT2D eigenvalue weighted by molar-refractivity contribution is 0.105. The number of nitrogens with zero attached hydrogens (tertiary/aromatic N) is 4. The highest BCUT2D eigenvalue weighted by Gasteiger charge is 2.24. The number of anilines is 1. The van der Waals surface area contributed by atoms with Gasteiger partial charge in [-0.25, -0.2) is 14.8 Å². The standard InChI is InChI=1S/C13H19ClN4O2/c1-3-10-11(14)15-9-16-12(10)17-5-7-18(8-6-17)13(19)20-4-2/h9H,3-8H2,1-2H3. The molecule has 0 spiro atoms. The number of rotatable bonds is 3. The van der Waals surface area contributed by atoms with Crippen LogP contribution in [0.25, 0.3) is 0 Å². The Hall–Kier alpha value is -1.56. The van der Waals surface area contributed by atoms with Crippen LogP contribution in [0.3, 0.4) is 0 Å². The number of amides is 1. The Morgan fingerprint density at radius 2 is 2.00 bits per heavy atom. The summed E-state index contributed by atoms with van der Waals surface area (Å²) in [5, 5.41) is 0.505. The molecule has 1 aromatic heterocycles. The molecule has 0 N–H and O–H groups in total. The molecule has 20 heavy (non-hydrogen) atoms. The Bertz CT molecular complexity index is 475. The lowest BCUT2D eigenvalue weighted by atomic mass is 10.2. The van der Waals surface area contributed by atoms with E-state index in [9.17, 15) is 4.79 Å². The van der Waals surface area contributed by atoms with E-state index in [0.717, 1.165) is 30.9 Å². The fourth-order valence-electron chi connectivity index (χ4n) is 2.27. The van der Waals surface area contributed by atoms with Crippen molar-refractivity contribution in [1.29, 1.82) is 0 Å². The first-order valence-corrected chi connectivity index (χ1v) is 7.21. The van der Waals surface area contributed by atoms with Crippen molar-refractivity contribution in [1.82, 2.24) is 14.9 Å². The summed E-state index contributed by atoms with van der Waals surface area (Å²) in [6.45, 7) is 6.94. The molecule has 0 radical (unpaired) electrons. The zero-order valence-corrected chi connectivity index (χ0v) is 12.6. The maximum absolute atomic E-state index is 11.7. The number of aromatic nitrogens is 2. The second kappa shape index (κ2) is 6.74. The van der Waals surface area contributed by atoms with E-state index in [1.165, 1.54) is 6.33 Å². The molecule has 6 nitrogen and oxygen atoms in total. The third-order valence-electron chi connectivity index (χ3n) is 3.33. The predicted molar refractivity (Wildman–Crippen MR) is 77.2 cm³/mol. The number of piperazine rings is 1. The van der Waals surface area contributed by atoms with Crippen LogP contribution in [0.1, 0.15) is 19.4 Å². The number of hydrogen-bond acceptors (Lipinski definition) is 5. The van der Waals surface area contributed by atoms with E-state index in [1.807, 2.05) is 13.8 Å². The van der Waals surface area contributed by atoms with Crippen molar-refractivity contribution in [3.8, 4) is 0 Å². The Morgan fingerprint density at radius 1 is 1.30 bits per heavy atom. The van der Waals surface area contributed by atoms with Gasteiger partial charge in [-0.1, -0.05) is 18.5 Å². The molecule has 2 heterocycles. The van der Waals surface area contributed by atoms with Crippen molar-refractivity contribution in [3.05, 3.63) is 17.0 Å². The molecule has 1 aliphatic heterocycles. The van der Waals surface area contributed by atoms with Crippen LogP contribution in [-0.4, -0.2) is 53.7 Å². The lowest BCUT2D eigenvalue weighted by Gasteiger charge is -2.35. The van der Waals surface area contributed by atoms with E-state index in [-0.39, 0.29) is 6.09 Å². The maximum Gasteiger partial charge on any atom is 0.409 e. The van der Waals surface area contributed by atoms with Gasteiger partial charge in [0.1, 0.15) is 17.3 Å². The predicted octanol–water partition coefficient (Wildman–Crippen LogP) is 1.97. The molecule has 1 amide bonds. The van der Waals surface area contributed by atoms with Crippen molar-refractivity contribution in [3.63, 3.8) is 0 Å². The number of carbonyl (C=O) groups excluding carboxylic acids is 1. The average Bonchev–Trinajstić information content (AvgIpc) is 2.47. The molecule has 0 bridgehead atoms. The minimum atomic E-state index is -0.247. The zero-order valence-electron chi connectivity index (χ0n) is 11.8. The Balaban J connectivity index is 2.04. The highest BCUT2D eigenvalue weighted by Crippen LogP contribution is 2.24. The molecule has 7 heteroatoms. The van der Waals surface area contributed by atoms with Gasteiger partial charge in [0.05, 0.1) is 6.61 Å². The monoisotopic (exact) mass is 298 g/mol. The summed E-state index contributed by atoms with van der Waals surface area (Å²) < 4.78 is 5.01. The van der Waals surface area contributed by atoms with Crippen LogP contribution in [0, 0.1) is 0 Å². The molecule has 0 atom stereocenters. The number of ether oxygens (including phenoxy) is 1. The van der Waals surface area contributed by atoms with Gasteiger partial charge in [-0.05, 0) is 13.3 Å². The molecule has 1 aromatic rings. The van der Waals surface area contributed by atoms with Gasteiger partial charge < -0.3 is 14.5 Å². The quantitative estimate of drug-likeness (QED) is 0.799. The van der Waals surface area contributed by atoms with Gasteiger partial charge >= 0.3 is 6.09 Å². The summed E-state index contributed by atoms with van der Waals surface area (Å²) >= 11 is 6.11. The third-order valence-corrected chi connectivity index (χ3v) is 3.65. The van der Waals surface area contributed by atoms with Crippen molar-refractivity contribution in [2.45, 2.75) is 20.3 Å². The number of hydrogen-bond donors (Lipinski definition) is 0. The molecule has 1 fully saturated rings. The second-order valence-corrected chi connectivity index (χ2v) is 4.85. The first-order chi connectivity index (χ1) is 9.67. The molecule has 0 aromatic carbocycles. The number of carbonyl (C=O) groups is 1. The fourth-order valence-corrected chi connectivity index (χ4v) is 2.54. The van der Waals surface area contributed by atoms with Crippen molar-refractivity contribution < 1.29 is 9.53 Å². The van der Waals surface area contributed by atoms with Gasteiger partial charge in [-0.2, -0.15) is 0 Å². The van der Waals surface area contributed by atoms with Gasteiger partial charge in [-0.15, -0.1) is 0 Å². The highest BCUT2D eigenvalue weighted by molar-refractivity contribution is 6.30. The third kappa shape index (κ3) is 3.12. The largest absolute Gasteiger partial charge is 0.450 e. The first kappa shape index (κ1) is 14.8. The minimum absolute atomic E-state index is 0.247. The van der Waals surface area contributed by atoms with E-state index >= 15 is 0 Å². The SMILES string of the molecule is CCOC(=O)N1CCN(c2ncnc(Cl)c2CC)CC1. The smallest absolute Gasteiger partial charge is 0.409 e. The zero-order chi connectivity index (χ0) is 14.5. The summed E-state index contributed by atoms with van der Waals surface area (Å²) in [4.78, 5) is 23.9. The van der Waals surface area contributed by atoms with Crippen LogP contribution >= 0.6 is 11.6 Å². The van der Waals surface area contributed by atoms with Crippen molar-refractivity contribution in [2.24, 2.45) is 0 Å². The Morgan fingerprint density at radius 3 is 2.60 bits per heavy atom. The van der Waals surface area contributed by atoms with E-state index in [1.54, 1.807) is 4.90 Å². The van der Waals surface area contributed by atoms with E-state index in [0.29, 0.717) is 24.8 Å². The van der Waals surface area contributed by atoms with E-state index < -0.39 is 0 Å². The molecule has 1 saturated heterocycles. The summed E-state index contributed by atoms with van der Waals surface area (Å²) in [5.74, 6) is 0.871. The average molecular weight is 299 g/mol. The molecule has 110 valence electrons. The molecule has 2 rings (SSSR count). The first-order valence-electron chi connectivity index (χ1n) is 6.83. The molecular formula is C13H19ClN4O2. The molecular weight excluding hydrogens is 280 g/mol. The summed E-state index contributed by atoms with van der Waals surface area (Å²) in [7, 11) is 0. The van der Waals surface area contributed by atoms with Gasteiger partial charge in [0.15, 0.2) is 0 Å². The van der Waals surface area contributed by atoms with Gasteiger partial charge in [0.2, 0.25) is 0 Å². The molecule has 1 aliphatic rings. The van der Waals surface area contributed by atoms with Crippen LogP contribution in [0.4, 0.5) is 10.6 Å². The summed E-state index contributed by atoms with van der Waals surface area (Å²) in [6.07, 6.45) is 2.02. The topological polar surface area (TPSA) is 58.6 Å². The molecule has 0 saturated carbocycles. The summed E-state index contributed by atoms with van der Waals surface area (Å²) in [5.41, 5.74) is 0.957. The van der Waals surface area contributed by atoms with Gasteiger partial charge in [-0.3, -0.25) is 0 Å². The van der Waals surface area contributed by atoms with E-state index in [2.05, 4.69) is 14.9 Å². The number of halogens is 1. The van der Waals surface area contributed by atoms with E-state index in [4.69, 9.17) is 16.3 Å². The lowest BCUT2D eigenvalue weighted by Crippen LogP contribution is -2.49. The van der Waals surface area contributed by atoms with Crippen LogP contribution < -0.4 is 4.90 Å².